The molecule has 0 aromatic heterocycles. The maximum absolute atomic E-state index is 12.6. The topological polar surface area (TPSA) is 46.6 Å². The predicted molar refractivity (Wildman–Crippen MR) is 79.6 cm³/mol. The van der Waals surface area contributed by atoms with Crippen LogP contribution in [0, 0.1) is 0 Å². The lowest BCUT2D eigenvalue weighted by molar-refractivity contribution is 0.00937. The summed E-state index contributed by atoms with van der Waals surface area (Å²) >= 11 is 3.38. The van der Waals surface area contributed by atoms with Crippen molar-refractivity contribution in [3.05, 3.63) is 33.8 Å². The first-order valence-electron chi connectivity index (χ1n) is 6.42. The number of imide groups is 1. The molecule has 0 spiro atoms. The van der Waals surface area contributed by atoms with E-state index in [9.17, 15) is 9.59 Å². The number of carbonyl (C=O) groups is 2. The number of fused-ring (bicyclic) bond motifs is 1. The highest BCUT2D eigenvalue weighted by atomic mass is 79.9. The fourth-order valence-electron chi connectivity index (χ4n) is 2.36. The number of hydrogen-bond donors (Lipinski definition) is 0. The van der Waals surface area contributed by atoms with E-state index in [2.05, 4.69) is 15.9 Å². The second kappa shape index (κ2) is 4.58. The molecule has 1 heterocycles. The van der Waals surface area contributed by atoms with Crippen LogP contribution in [-0.2, 0) is 10.3 Å². The SMILES string of the molecule is CC(C)(C)OC(=O)N1C(=O)c2c(Br)cccc2C1(C)C. The van der Waals surface area contributed by atoms with Crippen molar-refractivity contribution in [1.29, 1.82) is 0 Å². The Morgan fingerprint density at radius 2 is 1.90 bits per heavy atom. The van der Waals surface area contributed by atoms with Crippen molar-refractivity contribution in [3.63, 3.8) is 0 Å². The smallest absolute Gasteiger partial charge is 0.418 e. The van der Waals surface area contributed by atoms with Crippen LogP contribution in [-0.4, -0.2) is 22.5 Å². The molecule has 0 fully saturated rings. The Kier molecular flexibility index (Phi) is 3.45. The van der Waals surface area contributed by atoms with Gasteiger partial charge in [0.25, 0.3) is 5.91 Å². The molecule has 0 atom stereocenters. The van der Waals surface area contributed by atoms with Crippen LogP contribution in [0.15, 0.2) is 22.7 Å². The summed E-state index contributed by atoms with van der Waals surface area (Å²) in [5.41, 5.74) is -0.0103. The minimum absolute atomic E-state index is 0.327. The van der Waals surface area contributed by atoms with Crippen molar-refractivity contribution in [2.75, 3.05) is 0 Å². The third-order valence-corrected chi connectivity index (χ3v) is 3.89. The number of carbonyl (C=O) groups excluding carboxylic acids is 2. The van der Waals surface area contributed by atoms with Gasteiger partial charge in [-0.25, -0.2) is 9.69 Å². The van der Waals surface area contributed by atoms with E-state index in [1.165, 1.54) is 4.90 Å². The van der Waals surface area contributed by atoms with Crippen LogP contribution in [0.3, 0.4) is 0 Å². The van der Waals surface area contributed by atoms with Gasteiger partial charge >= 0.3 is 6.09 Å². The Bertz CT molecular complexity index is 587. The zero-order valence-corrected chi connectivity index (χ0v) is 13.9. The molecule has 2 amide bonds. The number of ether oxygens (including phenoxy) is 1. The van der Waals surface area contributed by atoms with Gasteiger partial charge in [0.15, 0.2) is 0 Å². The first-order valence-corrected chi connectivity index (χ1v) is 7.21. The van der Waals surface area contributed by atoms with E-state index in [-0.39, 0.29) is 5.91 Å². The van der Waals surface area contributed by atoms with E-state index in [4.69, 9.17) is 4.74 Å². The van der Waals surface area contributed by atoms with E-state index >= 15 is 0 Å². The first-order chi connectivity index (χ1) is 9.05. The average molecular weight is 340 g/mol. The summed E-state index contributed by atoms with van der Waals surface area (Å²) in [7, 11) is 0. The highest BCUT2D eigenvalue weighted by molar-refractivity contribution is 9.10. The van der Waals surface area contributed by atoms with Gasteiger partial charge in [-0.2, -0.15) is 0 Å². The zero-order valence-electron chi connectivity index (χ0n) is 12.3. The molecule has 0 saturated carbocycles. The average Bonchev–Trinajstić information content (AvgIpc) is 2.45. The van der Waals surface area contributed by atoms with E-state index in [0.717, 1.165) is 5.56 Å². The third kappa shape index (κ3) is 2.35. The Morgan fingerprint density at radius 3 is 2.40 bits per heavy atom. The maximum Gasteiger partial charge on any atom is 0.418 e. The molecule has 1 aromatic carbocycles. The van der Waals surface area contributed by atoms with Crippen LogP contribution in [0.1, 0.15) is 50.5 Å². The van der Waals surface area contributed by atoms with E-state index < -0.39 is 17.2 Å². The molecule has 2 rings (SSSR count). The van der Waals surface area contributed by atoms with Crippen molar-refractivity contribution in [2.24, 2.45) is 0 Å². The van der Waals surface area contributed by atoms with Crippen molar-refractivity contribution in [1.82, 2.24) is 4.90 Å². The molecule has 0 aliphatic carbocycles. The largest absolute Gasteiger partial charge is 0.443 e. The summed E-state index contributed by atoms with van der Waals surface area (Å²) in [4.78, 5) is 26.1. The Morgan fingerprint density at radius 1 is 1.30 bits per heavy atom. The lowest BCUT2D eigenvalue weighted by atomic mass is 9.94. The van der Waals surface area contributed by atoms with Gasteiger partial charge in [-0.3, -0.25) is 4.79 Å². The monoisotopic (exact) mass is 339 g/mol. The summed E-state index contributed by atoms with van der Waals surface area (Å²) in [5.74, 6) is -0.327. The van der Waals surface area contributed by atoms with Crippen LogP contribution >= 0.6 is 15.9 Å². The molecule has 0 unspecified atom stereocenters. The second-order valence-corrected chi connectivity index (χ2v) is 7.20. The van der Waals surface area contributed by atoms with Gasteiger partial charge in [0.1, 0.15) is 5.60 Å². The zero-order chi connectivity index (χ0) is 15.3. The molecule has 108 valence electrons. The quantitative estimate of drug-likeness (QED) is 0.715. The number of rotatable bonds is 0. The minimum Gasteiger partial charge on any atom is -0.443 e. The molecule has 5 heteroatoms. The standard InChI is InChI=1S/C15H18BrNO3/c1-14(2,3)20-13(19)17-12(18)11-9(15(17,4)5)7-6-8-10(11)16/h6-8H,1-5H3. The summed E-state index contributed by atoms with van der Waals surface area (Å²) in [6.07, 6.45) is -0.615. The molecule has 0 radical (unpaired) electrons. The summed E-state index contributed by atoms with van der Waals surface area (Å²) in [5, 5.41) is 0. The molecule has 0 N–H and O–H groups in total. The summed E-state index contributed by atoms with van der Waals surface area (Å²) in [6.45, 7) is 9.02. The number of hydrogen-bond acceptors (Lipinski definition) is 3. The molecule has 1 aliphatic heterocycles. The Balaban J connectivity index is 2.47. The summed E-state index contributed by atoms with van der Waals surface area (Å²) in [6, 6.07) is 5.52. The van der Waals surface area contributed by atoms with E-state index in [1.54, 1.807) is 26.8 Å². The van der Waals surface area contributed by atoms with Crippen LogP contribution in [0.4, 0.5) is 4.79 Å². The van der Waals surface area contributed by atoms with Crippen molar-refractivity contribution >= 4 is 27.9 Å². The normalized spacial score (nSPS) is 17.1. The Hall–Kier alpha value is -1.36. The van der Waals surface area contributed by atoms with Gasteiger partial charge in [0.05, 0.1) is 11.1 Å². The van der Waals surface area contributed by atoms with Gasteiger partial charge in [-0.15, -0.1) is 0 Å². The van der Waals surface area contributed by atoms with E-state index in [1.807, 2.05) is 26.0 Å². The number of amides is 2. The molecular weight excluding hydrogens is 322 g/mol. The Labute approximate surface area is 127 Å². The van der Waals surface area contributed by atoms with E-state index in [0.29, 0.717) is 10.0 Å². The van der Waals surface area contributed by atoms with Crippen LogP contribution < -0.4 is 0 Å². The lowest BCUT2D eigenvalue weighted by Gasteiger charge is -2.32. The number of benzene rings is 1. The minimum atomic E-state index is -0.724. The number of nitrogens with zero attached hydrogens (tertiary/aromatic N) is 1. The fraction of sp³-hybridized carbons (Fsp3) is 0.467. The second-order valence-electron chi connectivity index (χ2n) is 6.34. The van der Waals surface area contributed by atoms with Crippen LogP contribution in [0.2, 0.25) is 0 Å². The molecule has 20 heavy (non-hydrogen) atoms. The summed E-state index contributed by atoms with van der Waals surface area (Å²) < 4.78 is 6.04. The van der Waals surface area contributed by atoms with Gasteiger partial charge < -0.3 is 4.74 Å². The molecule has 1 aromatic rings. The predicted octanol–water partition coefficient (Wildman–Crippen LogP) is 4.08. The van der Waals surface area contributed by atoms with Gasteiger partial charge in [-0.05, 0) is 62.2 Å². The van der Waals surface area contributed by atoms with Crippen molar-refractivity contribution < 1.29 is 14.3 Å². The molecule has 4 nitrogen and oxygen atoms in total. The number of halogens is 1. The lowest BCUT2D eigenvalue weighted by Crippen LogP contribution is -2.46. The maximum atomic E-state index is 12.6. The fourth-order valence-corrected chi connectivity index (χ4v) is 2.89. The molecule has 0 bridgehead atoms. The van der Waals surface area contributed by atoms with Gasteiger partial charge in [0.2, 0.25) is 0 Å². The van der Waals surface area contributed by atoms with Gasteiger partial charge in [0, 0.05) is 4.47 Å². The van der Waals surface area contributed by atoms with Crippen LogP contribution in [0.5, 0.6) is 0 Å². The van der Waals surface area contributed by atoms with Crippen LogP contribution in [0.25, 0.3) is 0 Å². The van der Waals surface area contributed by atoms with Crippen molar-refractivity contribution in [3.8, 4) is 0 Å². The highest BCUT2D eigenvalue weighted by Gasteiger charge is 2.48. The van der Waals surface area contributed by atoms with Gasteiger partial charge in [-0.1, -0.05) is 12.1 Å². The third-order valence-electron chi connectivity index (χ3n) is 3.22. The van der Waals surface area contributed by atoms with Crippen molar-refractivity contribution in [2.45, 2.75) is 45.8 Å². The first kappa shape index (κ1) is 15.0. The molecule has 0 saturated heterocycles. The molecular formula is C15H18BrNO3. The highest BCUT2D eigenvalue weighted by Crippen LogP contribution is 2.42. The molecule has 1 aliphatic rings.